The fourth-order valence-electron chi connectivity index (χ4n) is 5.50. The fraction of sp³-hybridized carbons (Fsp3) is 0.300. The number of anilines is 2. The largest absolute Gasteiger partial charge is 0.394 e. The lowest BCUT2D eigenvalue weighted by molar-refractivity contribution is 0.0984. The fourth-order valence-corrected chi connectivity index (χ4v) is 5.50. The zero-order valence-electron chi connectivity index (χ0n) is 21.2. The Morgan fingerprint density at radius 2 is 1.84 bits per heavy atom. The molecule has 5 rings (SSSR count). The lowest BCUT2D eigenvalue weighted by Crippen LogP contribution is -2.35. The third-order valence-corrected chi connectivity index (χ3v) is 7.41. The second-order valence-electron chi connectivity index (χ2n) is 9.85. The maximum absolute atomic E-state index is 13.7. The summed E-state index contributed by atoms with van der Waals surface area (Å²) in [4.78, 5) is 33.5. The first-order chi connectivity index (χ1) is 18.5. The van der Waals surface area contributed by atoms with Crippen molar-refractivity contribution in [3.8, 4) is 0 Å². The third-order valence-electron chi connectivity index (χ3n) is 7.41. The minimum atomic E-state index is -0.475. The van der Waals surface area contributed by atoms with Gasteiger partial charge in [-0.25, -0.2) is 4.39 Å². The molecule has 2 amide bonds. The van der Waals surface area contributed by atoms with E-state index in [0.29, 0.717) is 30.9 Å². The molecule has 7 nitrogen and oxygen atoms in total. The SMILES string of the molecule is NCCO/N=C1\CCCC12CCN(C(=O)c1ccc(NC(=O)c3cccc(F)c3)cc1)c1ccccc1C2. The van der Waals surface area contributed by atoms with Gasteiger partial charge in [0.1, 0.15) is 12.4 Å². The number of carbonyl (C=O) groups excluding carboxylic acids is 2. The molecule has 1 saturated carbocycles. The monoisotopic (exact) mass is 514 g/mol. The Hall–Kier alpha value is -4.04. The van der Waals surface area contributed by atoms with E-state index in [0.717, 1.165) is 49.1 Å². The van der Waals surface area contributed by atoms with E-state index in [-0.39, 0.29) is 16.9 Å². The van der Waals surface area contributed by atoms with Gasteiger partial charge >= 0.3 is 0 Å². The molecule has 38 heavy (non-hydrogen) atoms. The smallest absolute Gasteiger partial charge is 0.258 e. The molecular weight excluding hydrogens is 483 g/mol. The Morgan fingerprint density at radius 3 is 2.63 bits per heavy atom. The highest BCUT2D eigenvalue weighted by Crippen LogP contribution is 2.46. The van der Waals surface area contributed by atoms with Crippen LogP contribution >= 0.6 is 0 Å². The minimum absolute atomic E-state index is 0.103. The average Bonchev–Trinajstić information content (AvgIpc) is 3.22. The summed E-state index contributed by atoms with van der Waals surface area (Å²) in [7, 11) is 0. The lowest BCUT2D eigenvalue weighted by Gasteiger charge is -2.28. The number of fused-ring (bicyclic) bond motifs is 1. The Kier molecular flexibility index (Phi) is 7.51. The molecule has 0 saturated heterocycles. The first-order valence-electron chi connectivity index (χ1n) is 13.0. The van der Waals surface area contributed by atoms with E-state index in [2.05, 4.69) is 16.5 Å². The van der Waals surface area contributed by atoms with Gasteiger partial charge in [0.25, 0.3) is 11.8 Å². The van der Waals surface area contributed by atoms with Crippen LogP contribution in [0.4, 0.5) is 15.8 Å². The van der Waals surface area contributed by atoms with Crippen LogP contribution in [0.3, 0.4) is 0 Å². The summed E-state index contributed by atoms with van der Waals surface area (Å²) in [5, 5.41) is 7.22. The van der Waals surface area contributed by atoms with Gasteiger partial charge in [-0.2, -0.15) is 0 Å². The standard InChI is InChI=1S/C30H31FN4O3/c31-24-7-3-6-22(19-24)28(36)33-25-12-10-21(11-13-25)29(37)35-17-15-30(20-23-5-1-2-8-26(23)35)14-4-9-27(30)34-38-18-16-32/h1-3,5-8,10-13,19H,4,9,14-18,20,32H2,(H,33,36)/b34-27+. The van der Waals surface area contributed by atoms with Crippen LogP contribution in [0.5, 0.6) is 0 Å². The van der Waals surface area contributed by atoms with Crippen LogP contribution in [-0.2, 0) is 11.3 Å². The summed E-state index contributed by atoms with van der Waals surface area (Å²) in [6.07, 6.45) is 4.55. The normalized spacial score (nSPS) is 19.7. The van der Waals surface area contributed by atoms with Gasteiger partial charge in [-0.3, -0.25) is 9.59 Å². The quantitative estimate of drug-likeness (QED) is 0.350. The molecule has 0 aromatic heterocycles. The topological polar surface area (TPSA) is 97.0 Å². The maximum Gasteiger partial charge on any atom is 0.258 e. The Balaban J connectivity index is 1.35. The predicted octanol–water partition coefficient (Wildman–Crippen LogP) is 5.17. The molecule has 1 unspecified atom stereocenters. The molecule has 8 heteroatoms. The number of para-hydroxylation sites is 1. The van der Waals surface area contributed by atoms with Crippen molar-refractivity contribution >= 4 is 28.9 Å². The summed E-state index contributed by atoms with van der Waals surface area (Å²) in [6.45, 7) is 1.37. The number of hydrogen-bond acceptors (Lipinski definition) is 5. The van der Waals surface area contributed by atoms with E-state index in [1.165, 1.54) is 18.2 Å². The number of oxime groups is 1. The third kappa shape index (κ3) is 5.31. The van der Waals surface area contributed by atoms with Gasteiger partial charge in [0.2, 0.25) is 0 Å². The van der Waals surface area contributed by atoms with Crippen molar-refractivity contribution < 1.29 is 18.8 Å². The van der Waals surface area contributed by atoms with Gasteiger partial charge in [-0.1, -0.05) is 29.4 Å². The van der Waals surface area contributed by atoms with Crippen LogP contribution in [0, 0.1) is 11.2 Å². The second-order valence-corrected chi connectivity index (χ2v) is 9.85. The molecule has 0 bridgehead atoms. The summed E-state index contributed by atoms with van der Waals surface area (Å²) in [5.41, 5.74) is 9.79. The van der Waals surface area contributed by atoms with Crippen molar-refractivity contribution in [1.82, 2.24) is 0 Å². The molecule has 1 aliphatic carbocycles. The molecule has 1 aliphatic heterocycles. The molecular formula is C30H31FN4O3. The number of rotatable bonds is 6. The molecule has 1 spiro atoms. The van der Waals surface area contributed by atoms with E-state index in [1.54, 1.807) is 30.3 Å². The van der Waals surface area contributed by atoms with Gasteiger partial charge in [0.05, 0.1) is 5.71 Å². The van der Waals surface area contributed by atoms with Crippen molar-refractivity contribution in [2.75, 3.05) is 29.9 Å². The molecule has 1 fully saturated rings. The first kappa shape index (κ1) is 25.6. The highest BCUT2D eigenvalue weighted by Gasteiger charge is 2.43. The van der Waals surface area contributed by atoms with Crippen molar-refractivity contribution in [2.24, 2.45) is 16.3 Å². The van der Waals surface area contributed by atoms with Gasteiger partial charge < -0.3 is 20.8 Å². The minimum Gasteiger partial charge on any atom is -0.394 e. The molecule has 3 N–H and O–H groups in total. The molecule has 196 valence electrons. The number of amides is 2. The van der Waals surface area contributed by atoms with Gasteiger partial charge in [0, 0.05) is 41.0 Å². The highest BCUT2D eigenvalue weighted by atomic mass is 19.1. The summed E-state index contributed by atoms with van der Waals surface area (Å²) < 4.78 is 13.5. The molecule has 3 aromatic carbocycles. The van der Waals surface area contributed by atoms with Crippen LogP contribution in [0.15, 0.2) is 78.0 Å². The molecule has 3 aromatic rings. The first-order valence-corrected chi connectivity index (χ1v) is 13.0. The van der Waals surface area contributed by atoms with Crippen molar-refractivity contribution in [1.29, 1.82) is 0 Å². The van der Waals surface area contributed by atoms with Crippen LogP contribution in [0.1, 0.15) is 52.0 Å². The van der Waals surface area contributed by atoms with Crippen molar-refractivity contribution in [3.05, 3.63) is 95.3 Å². The number of nitrogens with one attached hydrogen (secondary N) is 1. The number of hydrogen-bond donors (Lipinski definition) is 2. The van der Waals surface area contributed by atoms with E-state index in [1.807, 2.05) is 23.1 Å². The lowest BCUT2D eigenvalue weighted by atomic mass is 9.76. The Labute approximate surface area is 221 Å². The second kappa shape index (κ2) is 11.1. The summed E-state index contributed by atoms with van der Waals surface area (Å²) in [5.74, 6) is -0.995. The van der Waals surface area contributed by atoms with Crippen LogP contribution in [0.25, 0.3) is 0 Å². The Bertz CT molecular complexity index is 1360. The zero-order valence-corrected chi connectivity index (χ0v) is 21.2. The summed E-state index contributed by atoms with van der Waals surface area (Å²) in [6, 6.07) is 20.3. The number of nitrogens with two attached hydrogens (primary N) is 1. The van der Waals surface area contributed by atoms with Crippen molar-refractivity contribution in [2.45, 2.75) is 32.1 Å². The average molecular weight is 515 g/mol. The van der Waals surface area contributed by atoms with Crippen LogP contribution in [0.2, 0.25) is 0 Å². The van der Waals surface area contributed by atoms with E-state index in [4.69, 9.17) is 10.6 Å². The van der Waals surface area contributed by atoms with Crippen LogP contribution in [-0.4, -0.2) is 37.2 Å². The number of nitrogens with zero attached hydrogens (tertiary/aromatic N) is 2. The number of benzene rings is 3. The maximum atomic E-state index is 13.7. The van der Waals surface area contributed by atoms with Gasteiger partial charge in [-0.15, -0.1) is 0 Å². The zero-order chi connectivity index (χ0) is 26.5. The molecule has 1 atom stereocenters. The molecule has 2 aliphatic rings. The van der Waals surface area contributed by atoms with E-state index < -0.39 is 11.7 Å². The van der Waals surface area contributed by atoms with E-state index >= 15 is 0 Å². The van der Waals surface area contributed by atoms with E-state index in [9.17, 15) is 14.0 Å². The predicted molar refractivity (Wildman–Crippen MR) is 146 cm³/mol. The van der Waals surface area contributed by atoms with Gasteiger partial charge in [-0.05, 0) is 86.2 Å². The summed E-state index contributed by atoms with van der Waals surface area (Å²) >= 11 is 0. The number of halogens is 1. The highest BCUT2D eigenvalue weighted by molar-refractivity contribution is 6.08. The van der Waals surface area contributed by atoms with Crippen molar-refractivity contribution in [3.63, 3.8) is 0 Å². The van der Waals surface area contributed by atoms with Crippen LogP contribution < -0.4 is 16.0 Å². The van der Waals surface area contributed by atoms with Gasteiger partial charge in [0.15, 0.2) is 0 Å². The molecule has 0 radical (unpaired) electrons. The number of carbonyl (C=O) groups is 2. The molecule has 1 heterocycles. The Morgan fingerprint density at radius 1 is 1.03 bits per heavy atom.